The summed E-state index contributed by atoms with van der Waals surface area (Å²) in [5.74, 6) is 0.196. The van der Waals surface area contributed by atoms with Crippen LogP contribution in [0.15, 0.2) is 24.5 Å². The van der Waals surface area contributed by atoms with Crippen LogP contribution in [0.2, 0.25) is 0 Å². The maximum absolute atomic E-state index is 14.6. The van der Waals surface area contributed by atoms with E-state index in [9.17, 15) is 9.18 Å². The molecule has 1 saturated heterocycles. The Kier molecular flexibility index (Phi) is 5.36. The van der Waals surface area contributed by atoms with Crippen molar-refractivity contribution in [1.82, 2.24) is 20.1 Å². The third kappa shape index (κ3) is 4.29. The minimum Gasteiger partial charge on any atom is -0.372 e. The lowest BCUT2D eigenvalue weighted by atomic mass is 10.2. The molecule has 0 unspecified atom stereocenters. The van der Waals surface area contributed by atoms with Gasteiger partial charge in [-0.15, -0.1) is 0 Å². The summed E-state index contributed by atoms with van der Waals surface area (Å²) in [6.45, 7) is 5.48. The van der Waals surface area contributed by atoms with Crippen molar-refractivity contribution in [3.63, 3.8) is 0 Å². The van der Waals surface area contributed by atoms with Crippen LogP contribution in [0, 0.1) is 5.82 Å². The first-order chi connectivity index (χ1) is 12.4. The van der Waals surface area contributed by atoms with Crippen molar-refractivity contribution < 1.29 is 13.9 Å². The maximum Gasteiger partial charge on any atom is 0.321 e. The molecule has 1 aromatic carbocycles. The van der Waals surface area contributed by atoms with Gasteiger partial charge in [0.1, 0.15) is 18.0 Å². The number of ether oxygens (including phenoxy) is 1. The van der Waals surface area contributed by atoms with Crippen LogP contribution in [0.5, 0.6) is 0 Å². The fourth-order valence-corrected chi connectivity index (χ4v) is 3.04. The van der Waals surface area contributed by atoms with Crippen molar-refractivity contribution in [3.8, 4) is 0 Å². The Balaban J connectivity index is 1.64. The second-order valence-electron chi connectivity index (χ2n) is 6.55. The van der Waals surface area contributed by atoms with Crippen LogP contribution in [-0.4, -0.2) is 58.5 Å². The molecule has 1 fully saturated rings. The quantitative estimate of drug-likeness (QED) is 0.871. The third-order valence-electron chi connectivity index (χ3n) is 4.16. The number of nitrogens with one attached hydrogen (secondary N) is 2. The predicted octanol–water partition coefficient (Wildman–Crippen LogP) is 2.22. The van der Waals surface area contributed by atoms with Crippen LogP contribution >= 0.6 is 0 Å². The number of halogens is 1. The van der Waals surface area contributed by atoms with Gasteiger partial charge in [0.15, 0.2) is 0 Å². The topological polar surface area (TPSA) is 86.4 Å². The van der Waals surface area contributed by atoms with E-state index < -0.39 is 0 Å². The average Bonchev–Trinajstić information content (AvgIpc) is 3.07. The molecule has 2 amide bonds. The minimum absolute atomic E-state index is 0.0438. The summed E-state index contributed by atoms with van der Waals surface area (Å²) in [6.07, 6.45) is 1.47. The first kappa shape index (κ1) is 18.1. The molecule has 8 nitrogen and oxygen atoms in total. The zero-order valence-electron chi connectivity index (χ0n) is 15.1. The Morgan fingerprint density at radius 2 is 2.15 bits per heavy atom. The molecule has 0 aliphatic carbocycles. The summed E-state index contributed by atoms with van der Waals surface area (Å²) in [7, 11) is 1.62. The Morgan fingerprint density at radius 3 is 2.77 bits per heavy atom. The summed E-state index contributed by atoms with van der Waals surface area (Å²) in [4.78, 5) is 19.6. The molecule has 1 aliphatic rings. The molecule has 140 valence electrons. The highest BCUT2D eigenvalue weighted by Gasteiger charge is 2.24. The number of benzene rings is 1. The molecule has 0 spiro atoms. The van der Waals surface area contributed by atoms with E-state index in [1.54, 1.807) is 19.2 Å². The lowest BCUT2D eigenvalue weighted by Gasteiger charge is -2.37. The largest absolute Gasteiger partial charge is 0.372 e. The number of hydrogen-bond donors (Lipinski definition) is 2. The van der Waals surface area contributed by atoms with Gasteiger partial charge in [-0.2, -0.15) is 5.10 Å². The predicted molar refractivity (Wildman–Crippen MR) is 95.5 cm³/mol. The first-order valence-corrected chi connectivity index (χ1v) is 8.48. The van der Waals surface area contributed by atoms with Crippen LogP contribution in [0.1, 0.15) is 19.7 Å². The minimum atomic E-state index is -0.373. The van der Waals surface area contributed by atoms with Gasteiger partial charge in [-0.3, -0.25) is 5.10 Å². The fraction of sp³-hybridized carbons (Fsp3) is 0.471. The number of H-pyrrole nitrogens is 1. The zero-order chi connectivity index (χ0) is 18.7. The van der Waals surface area contributed by atoms with E-state index in [0.717, 1.165) is 0 Å². The number of carbonyl (C=O) groups is 1. The van der Waals surface area contributed by atoms with Crippen LogP contribution in [0.3, 0.4) is 0 Å². The van der Waals surface area contributed by atoms with Crippen LogP contribution in [0.25, 0.3) is 0 Å². The van der Waals surface area contributed by atoms with Gasteiger partial charge in [0, 0.05) is 25.8 Å². The number of hydrogen-bond acceptors (Lipinski definition) is 5. The standard InChI is InChI=1S/C17H23FN6O2/c1-11-7-24(8-12(2)26-11)15-5-4-13(6-14(15)18)21-17(25)23(3)9-16-19-10-20-22-16/h4-6,10-12H,7-9H2,1-3H3,(H,21,25)(H,19,20,22)/t11-,12-/m1/s1. The second kappa shape index (κ2) is 7.69. The van der Waals surface area contributed by atoms with E-state index in [1.165, 1.54) is 17.3 Å². The highest BCUT2D eigenvalue weighted by Crippen LogP contribution is 2.26. The molecule has 0 bridgehead atoms. The smallest absolute Gasteiger partial charge is 0.321 e. The van der Waals surface area contributed by atoms with Gasteiger partial charge in [-0.1, -0.05) is 0 Å². The number of amides is 2. The molecule has 2 atom stereocenters. The summed E-state index contributed by atoms with van der Waals surface area (Å²) < 4.78 is 20.3. The summed E-state index contributed by atoms with van der Waals surface area (Å²) in [5.41, 5.74) is 0.912. The molecule has 0 radical (unpaired) electrons. The molecule has 3 rings (SSSR count). The van der Waals surface area contributed by atoms with Crippen LogP contribution < -0.4 is 10.2 Å². The van der Waals surface area contributed by atoms with Gasteiger partial charge in [0.2, 0.25) is 0 Å². The van der Waals surface area contributed by atoms with Gasteiger partial charge in [0.25, 0.3) is 0 Å². The van der Waals surface area contributed by atoms with E-state index in [1.807, 2.05) is 18.7 Å². The second-order valence-corrected chi connectivity index (χ2v) is 6.55. The Labute approximate surface area is 151 Å². The average molecular weight is 362 g/mol. The van der Waals surface area contributed by atoms with Crippen molar-refractivity contribution in [1.29, 1.82) is 0 Å². The number of morpholine rings is 1. The normalized spacial score (nSPS) is 20.1. The van der Waals surface area contributed by atoms with E-state index in [4.69, 9.17) is 4.74 Å². The van der Waals surface area contributed by atoms with Crippen molar-refractivity contribution in [2.75, 3.05) is 30.4 Å². The molecule has 2 N–H and O–H groups in total. The molecule has 26 heavy (non-hydrogen) atoms. The summed E-state index contributed by atoms with van der Waals surface area (Å²) in [6, 6.07) is 4.36. The lowest BCUT2D eigenvalue weighted by molar-refractivity contribution is -0.00539. The number of anilines is 2. The van der Waals surface area contributed by atoms with Gasteiger partial charge in [-0.05, 0) is 32.0 Å². The van der Waals surface area contributed by atoms with Crippen molar-refractivity contribution >= 4 is 17.4 Å². The van der Waals surface area contributed by atoms with Crippen LogP contribution in [-0.2, 0) is 11.3 Å². The molecular weight excluding hydrogens is 339 g/mol. The highest BCUT2D eigenvalue weighted by atomic mass is 19.1. The molecule has 1 aliphatic heterocycles. The van der Waals surface area contributed by atoms with E-state index in [2.05, 4.69) is 20.5 Å². The number of rotatable bonds is 4. The zero-order valence-corrected chi connectivity index (χ0v) is 15.1. The molecule has 0 saturated carbocycles. The van der Waals surface area contributed by atoms with E-state index in [0.29, 0.717) is 30.3 Å². The number of urea groups is 1. The molecule has 2 heterocycles. The number of carbonyl (C=O) groups excluding carboxylic acids is 1. The Morgan fingerprint density at radius 1 is 1.42 bits per heavy atom. The fourth-order valence-electron chi connectivity index (χ4n) is 3.04. The van der Waals surface area contributed by atoms with Crippen molar-refractivity contribution in [3.05, 3.63) is 36.2 Å². The van der Waals surface area contributed by atoms with E-state index in [-0.39, 0.29) is 30.6 Å². The lowest BCUT2D eigenvalue weighted by Crippen LogP contribution is -2.45. The number of nitrogens with zero attached hydrogens (tertiary/aromatic N) is 4. The first-order valence-electron chi connectivity index (χ1n) is 8.48. The van der Waals surface area contributed by atoms with Gasteiger partial charge >= 0.3 is 6.03 Å². The SMILES string of the molecule is C[C@@H]1CN(c2ccc(NC(=O)N(C)Cc3ncn[nH]3)cc2F)C[C@@H](C)O1. The van der Waals surface area contributed by atoms with Gasteiger partial charge in [-0.25, -0.2) is 14.2 Å². The Hall–Kier alpha value is -2.68. The summed E-state index contributed by atoms with van der Waals surface area (Å²) in [5, 5.41) is 9.11. The van der Waals surface area contributed by atoms with Crippen LogP contribution in [0.4, 0.5) is 20.6 Å². The Bertz CT molecular complexity index is 744. The van der Waals surface area contributed by atoms with E-state index >= 15 is 0 Å². The molecule has 9 heteroatoms. The van der Waals surface area contributed by atoms with Crippen molar-refractivity contribution in [2.24, 2.45) is 0 Å². The number of aromatic nitrogens is 3. The van der Waals surface area contributed by atoms with Gasteiger partial charge in [0.05, 0.1) is 24.4 Å². The molecule has 1 aromatic heterocycles. The van der Waals surface area contributed by atoms with Gasteiger partial charge < -0.3 is 19.9 Å². The molecular formula is C17H23FN6O2. The van der Waals surface area contributed by atoms with Crippen molar-refractivity contribution in [2.45, 2.75) is 32.6 Å². The number of aromatic amines is 1. The monoisotopic (exact) mass is 362 g/mol. The highest BCUT2D eigenvalue weighted by molar-refractivity contribution is 5.89. The maximum atomic E-state index is 14.6. The molecule has 2 aromatic rings. The third-order valence-corrected chi connectivity index (χ3v) is 4.16. The summed E-state index contributed by atoms with van der Waals surface area (Å²) >= 11 is 0.